The van der Waals surface area contributed by atoms with Crippen LogP contribution in [0.1, 0.15) is 44.2 Å². The molecule has 4 heteroatoms. The van der Waals surface area contributed by atoms with Gasteiger partial charge in [-0.3, -0.25) is 0 Å². The Bertz CT molecular complexity index is 347. The molecule has 2 rings (SSSR count). The molecular weight excluding hydrogens is 261 g/mol. The Hall–Kier alpha value is 0.240. The highest BCUT2D eigenvalue weighted by Crippen LogP contribution is 2.40. The molecule has 1 saturated carbocycles. The van der Waals surface area contributed by atoms with E-state index >= 15 is 0 Å². The molecule has 0 aromatic carbocycles. The van der Waals surface area contributed by atoms with E-state index in [1.54, 1.807) is 0 Å². The van der Waals surface area contributed by atoms with Gasteiger partial charge in [-0.1, -0.05) is 49.4 Å². The van der Waals surface area contributed by atoms with Crippen LogP contribution < -0.4 is 5.32 Å². The molecule has 1 N–H and O–H groups in total. The zero-order valence-electron chi connectivity index (χ0n) is 9.43. The molecule has 1 atom stereocenters. The first-order valence-electron chi connectivity index (χ1n) is 5.88. The van der Waals surface area contributed by atoms with Crippen LogP contribution in [0.25, 0.3) is 0 Å². The number of rotatable bonds is 5. The molecule has 0 bridgehead atoms. The summed E-state index contributed by atoms with van der Waals surface area (Å²) >= 11 is 13.7. The summed E-state index contributed by atoms with van der Waals surface area (Å²) in [5.41, 5.74) is 1.19. The standard InChI is InChI=1S/C12H17Cl2NS/c1-2-15-10(6-8-4-3-5-8)9-7-11(13)16-12(9)14/h7-8,10,15H,2-6H2,1H3. The lowest BCUT2D eigenvalue weighted by Crippen LogP contribution is -2.25. The third-order valence-electron chi connectivity index (χ3n) is 3.30. The molecule has 1 nitrogen and oxygen atoms in total. The fourth-order valence-corrected chi connectivity index (χ4v) is 3.80. The Labute approximate surface area is 111 Å². The zero-order chi connectivity index (χ0) is 11.5. The minimum Gasteiger partial charge on any atom is -0.310 e. The minimum atomic E-state index is 0.381. The number of hydrogen-bond donors (Lipinski definition) is 1. The van der Waals surface area contributed by atoms with Crippen molar-refractivity contribution in [3.8, 4) is 0 Å². The second-order valence-corrected chi connectivity index (χ2v) is 6.71. The predicted octanol–water partition coefficient (Wildman–Crippen LogP) is 4.90. The van der Waals surface area contributed by atoms with E-state index in [0.717, 1.165) is 21.1 Å². The van der Waals surface area contributed by atoms with E-state index in [2.05, 4.69) is 12.2 Å². The van der Waals surface area contributed by atoms with Crippen LogP contribution in [0, 0.1) is 5.92 Å². The molecule has 0 spiro atoms. The highest BCUT2D eigenvalue weighted by Gasteiger charge is 2.24. The second-order valence-electron chi connectivity index (χ2n) is 4.42. The highest BCUT2D eigenvalue weighted by molar-refractivity contribution is 7.20. The maximum atomic E-state index is 6.21. The van der Waals surface area contributed by atoms with Gasteiger partial charge in [0.05, 0.1) is 8.67 Å². The summed E-state index contributed by atoms with van der Waals surface area (Å²) in [6.07, 6.45) is 5.33. The molecule has 1 fully saturated rings. The van der Waals surface area contributed by atoms with Crippen molar-refractivity contribution in [3.05, 3.63) is 20.3 Å². The molecule has 1 unspecified atom stereocenters. The molecule has 1 aliphatic rings. The van der Waals surface area contributed by atoms with E-state index in [4.69, 9.17) is 23.2 Å². The molecule has 1 aromatic heterocycles. The largest absolute Gasteiger partial charge is 0.310 e. The molecule has 1 aliphatic carbocycles. The lowest BCUT2D eigenvalue weighted by molar-refractivity contribution is 0.262. The maximum absolute atomic E-state index is 6.21. The topological polar surface area (TPSA) is 12.0 Å². The molecular formula is C12H17Cl2NS. The first-order valence-corrected chi connectivity index (χ1v) is 7.46. The third kappa shape index (κ3) is 2.92. The van der Waals surface area contributed by atoms with Crippen molar-refractivity contribution in [1.29, 1.82) is 0 Å². The van der Waals surface area contributed by atoms with E-state index in [9.17, 15) is 0 Å². The van der Waals surface area contributed by atoms with Gasteiger partial charge in [0.1, 0.15) is 0 Å². The SMILES string of the molecule is CCNC(CC1CCC1)c1cc(Cl)sc1Cl. The fourth-order valence-electron chi connectivity index (χ4n) is 2.22. The van der Waals surface area contributed by atoms with Gasteiger partial charge in [0.25, 0.3) is 0 Å². The first kappa shape index (κ1) is 12.7. The highest BCUT2D eigenvalue weighted by atomic mass is 35.5. The van der Waals surface area contributed by atoms with E-state index in [0.29, 0.717) is 6.04 Å². The van der Waals surface area contributed by atoms with E-state index in [-0.39, 0.29) is 0 Å². The van der Waals surface area contributed by atoms with Crippen LogP contribution in [0.15, 0.2) is 6.07 Å². The Balaban J connectivity index is 2.07. The van der Waals surface area contributed by atoms with Crippen LogP contribution in [0.2, 0.25) is 8.67 Å². The molecule has 16 heavy (non-hydrogen) atoms. The summed E-state index contributed by atoms with van der Waals surface area (Å²) in [5, 5.41) is 3.52. The number of thiophene rings is 1. The van der Waals surface area contributed by atoms with Gasteiger partial charge in [-0.05, 0) is 24.9 Å². The Morgan fingerprint density at radius 1 is 1.50 bits per heavy atom. The maximum Gasteiger partial charge on any atom is 0.0991 e. The summed E-state index contributed by atoms with van der Waals surface area (Å²) in [6.45, 7) is 3.11. The van der Waals surface area contributed by atoms with Crippen molar-refractivity contribution >= 4 is 34.5 Å². The van der Waals surface area contributed by atoms with E-state index < -0.39 is 0 Å². The van der Waals surface area contributed by atoms with Gasteiger partial charge in [0.15, 0.2) is 0 Å². The van der Waals surface area contributed by atoms with Gasteiger partial charge >= 0.3 is 0 Å². The molecule has 0 radical (unpaired) electrons. The van der Waals surface area contributed by atoms with Crippen molar-refractivity contribution in [2.45, 2.75) is 38.6 Å². The zero-order valence-corrected chi connectivity index (χ0v) is 11.8. The first-order chi connectivity index (χ1) is 7.70. The van der Waals surface area contributed by atoms with E-state index in [1.807, 2.05) is 6.07 Å². The van der Waals surface area contributed by atoms with Crippen molar-refractivity contribution in [1.82, 2.24) is 5.32 Å². The number of hydrogen-bond acceptors (Lipinski definition) is 2. The van der Waals surface area contributed by atoms with Crippen molar-refractivity contribution in [2.24, 2.45) is 5.92 Å². The van der Waals surface area contributed by atoms with Crippen LogP contribution in [0.3, 0.4) is 0 Å². The van der Waals surface area contributed by atoms with Crippen LogP contribution >= 0.6 is 34.5 Å². The number of halogens is 2. The Morgan fingerprint density at radius 2 is 2.25 bits per heavy atom. The molecule has 90 valence electrons. The second kappa shape index (κ2) is 5.72. The fraction of sp³-hybridized carbons (Fsp3) is 0.667. The lowest BCUT2D eigenvalue weighted by atomic mass is 9.80. The summed E-state index contributed by atoms with van der Waals surface area (Å²) < 4.78 is 1.63. The monoisotopic (exact) mass is 277 g/mol. The normalized spacial score (nSPS) is 18.4. The van der Waals surface area contributed by atoms with Gasteiger partial charge in [0.2, 0.25) is 0 Å². The molecule has 0 amide bonds. The van der Waals surface area contributed by atoms with Gasteiger partial charge in [-0.2, -0.15) is 0 Å². The van der Waals surface area contributed by atoms with Crippen LogP contribution in [0.4, 0.5) is 0 Å². The molecule has 0 aliphatic heterocycles. The minimum absolute atomic E-state index is 0.381. The smallest absolute Gasteiger partial charge is 0.0991 e. The summed E-state index contributed by atoms with van der Waals surface area (Å²) in [6, 6.07) is 2.40. The lowest BCUT2D eigenvalue weighted by Gasteiger charge is -2.30. The van der Waals surface area contributed by atoms with Gasteiger partial charge < -0.3 is 5.32 Å². The van der Waals surface area contributed by atoms with Crippen LogP contribution in [-0.2, 0) is 0 Å². The predicted molar refractivity (Wildman–Crippen MR) is 72.7 cm³/mol. The van der Waals surface area contributed by atoms with Crippen molar-refractivity contribution in [3.63, 3.8) is 0 Å². The molecule has 1 aromatic rings. The molecule has 0 saturated heterocycles. The van der Waals surface area contributed by atoms with Crippen LogP contribution in [-0.4, -0.2) is 6.54 Å². The summed E-state index contributed by atoms with van der Waals surface area (Å²) in [7, 11) is 0. The van der Waals surface area contributed by atoms with Crippen molar-refractivity contribution in [2.75, 3.05) is 6.54 Å². The third-order valence-corrected chi connectivity index (χ3v) is 4.82. The van der Waals surface area contributed by atoms with E-state index in [1.165, 1.54) is 42.6 Å². The quantitative estimate of drug-likeness (QED) is 0.808. The summed E-state index contributed by atoms with van der Waals surface area (Å²) in [5.74, 6) is 0.874. The van der Waals surface area contributed by atoms with Crippen LogP contribution in [0.5, 0.6) is 0 Å². The van der Waals surface area contributed by atoms with Crippen molar-refractivity contribution < 1.29 is 0 Å². The average molecular weight is 278 g/mol. The van der Waals surface area contributed by atoms with Gasteiger partial charge in [-0.25, -0.2) is 0 Å². The summed E-state index contributed by atoms with van der Waals surface area (Å²) in [4.78, 5) is 0. The average Bonchev–Trinajstić information content (AvgIpc) is 2.49. The Morgan fingerprint density at radius 3 is 2.69 bits per heavy atom. The van der Waals surface area contributed by atoms with Gasteiger partial charge in [0, 0.05) is 11.6 Å². The Kier molecular flexibility index (Phi) is 4.54. The number of nitrogens with one attached hydrogen (secondary N) is 1. The van der Waals surface area contributed by atoms with Gasteiger partial charge in [-0.15, -0.1) is 11.3 Å². The molecule has 1 heterocycles.